The van der Waals surface area contributed by atoms with Crippen LogP contribution in [-0.2, 0) is 6.42 Å². The summed E-state index contributed by atoms with van der Waals surface area (Å²) in [5.41, 5.74) is 2.26. The molecule has 0 amide bonds. The molecule has 0 radical (unpaired) electrons. The van der Waals surface area contributed by atoms with Crippen molar-refractivity contribution < 1.29 is 4.42 Å². The summed E-state index contributed by atoms with van der Waals surface area (Å²) in [5.74, 6) is 0. The quantitative estimate of drug-likeness (QED) is 0.905. The van der Waals surface area contributed by atoms with Gasteiger partial charge in [0.2, 0.25) is 0 Å². The van der Waals surface area contributed by atoms with Gasteiger partial charge in [-0.2, -0.15) is 0 Å². The summed E-state index contributed by atoms with van der Waals surface area (Å²) in [6.07, 6.45) is 4.28. The molecule has 0 aliphatic rings. The number of benzene rings is 1. The average Bonchev–Trinajstić information content (AvgIpc) is 2.82. The second-order valence-corrected chi connectivity index (χ2v) is 4.66. The molecule has 1 N–H and O–H groups in total. The van der Waals surface area contributed by atoms with Crippen molar-refractivity contribution in [1.82, 2.24) is 5.32 Å². The number of likely N-dealkylation sites (N-methyl/N-ethyl adjacent to an activating group) is 1. The lowest BCUT2D eigenvalue weighted by atomic mass is 10.0. The largest absolute Gasteiger partial charge is 0.472 e. The molecule has 17 heavy (non-hydrogen) atoms. The van der Waals surface area contributed by atoms with Crippen molar-refractivity contribution in [2.45, 2.75) is 12.5 Å². The molecule has 4 heteroatoms. The zero-order valence-corrected chi connectivity index (χ0v) is 10.9. The average molecular weight is 270 g/mol. The van der Waals surface area contributed by atoms with Crippen LogP contribution in [0, 0.1) is 0 Å². The van der Waals surface area contributed by atoms with Gasteiger partial charge in [-0.1, -0.05) is 29.3 Å². The van der Waals surface area contributed by atoms with Gasteiger partial charge >= 0.3 is 0 Å². The van der Waals surface area contributed by atoms with Gasteiger partial charge in [-0.15, -0.1) is 0 Å². The van der Waals surface area contributed by atoms with Gasteiger partial charge in [-0.3, -0.25) is 0 Å². The number of rotatable bonds is 4. The minimum atomic E-state index is 0.197. The zero-order chi connectivity index (χ0) is 12.3. The third kappa shape index (κ3) is 3.03. The minimum Gasteiger partial charge on any atom is -0.472 e. The first-order valence-electron chi connectivity index (χ1n) is 5.34. The normalized spacial score (nSPS) is 12.6. The molecule has 1 heterocycles. The maximum atomic E-state index is 6.02. The molecular weight excluding hydrogens is 257 g/mol. The molecule has 1 unspecified atom stereocenters. The van der Waals surface area contributed by atoms with Gasteiger partial charge in [0, 0.05) is 6.04 Å². The molecule has 0 spiro atoms. The van der Waals surface area contributed by atoms with Crippen LogP contribution >= 0.6 is 23.2 Å². The van der Waals surface area contributed by atoms with Crippen LogP contribution in [0.5, 0.6) is 0 Å². The van der Waals surface area contributed by atoms with Gasteiger partial charge in [-0.25, -0.2) is 0 Å². The van der Waals surface area contributed by atoms with E-state index in [9.17, 15) is 0 Å². The molecule has 0 fully saturated rings. The van der Waals surface area contributed by atoms with Crippen LogP contribution in [0.25, 0.3) is 0 Å². The SMILES string of the molecule is CNC(Cc1ccoc1)c1ccc(Cl)c(Cl)c1. The standard InChI is InChI=1S/C13H13Cl2NO/c1-16-13(6-9-4-5-17-8-9)10-2-3-11(14)12(15)7-10/h2-5,7-8,13,16H,6H2,1H3. The Morgan fingerprint density at radius 3 is 2.65 bits per heavy atom. The fraction of sp³-hybridized carbons (Fsp3) is 0.231. The predicted octanol–water partition coefficient (Wildman–Crippen LogP) is 4.09. The molecule has 2 nitrogen and oxygen atoms in total. The van der Waals surface area contributed by atoms with Crippen molar-refractivity contribution in [3.63, 3.8) is 0 Å². The summed E-state index contributed by atoms with van der Waals surface area (Å²) < 4.78 is 5.06. The monoisotopic (exact) mass is 269 g/mol. The van der Waals surface area contributed by atoms with Crippen LogP contribution in [0.15, 0.2) is 41.2 Å². The zero-order valence-electron chi connectivity index (χ0n) is 9.41. The topological polar surface area (TPSA) is 25.2 Å². The van der Waals surface area contributed by atoms with Crippen LogP contribution < -0.4 is 5.32 Å². The molecule has 0 aliphatic heterocycles. The van der Waals surface area contributed by atoms with Crippen molar-refractivity contribution in [3.8, 4) is 0 Å². The second kappa shape index (κ2) is 5.58. The Morgan fingerprint density at radius 1 is 1.24 bits per heavy atom. The van der Waals surface area contributed by atoms with E-state index in [-0.39, 0.29) is 6.04 Å². The van der Waals surface area contributed by atoms with Crippen LogP contribution in [0.4, 0.5) is 0 Å². The second-order valence-electron chi connectivity index (χ2n) is 3.85. The van der Waals surface area contributed by atoms with E-state index in [1.54, 1.807) is 12.5 Å². The number of hydrogen-bond acceptors (Lipinski definition) is 2. The highest BCUT2D eigenvalue weighted by molar-refractivity contribution is 6.42. The molecule has 0 saturated carbocycles. The molecule has 2 aromatic rings. The number of halogens is 2. The Labute approximate surface area is 111 Å². The molecule has 1 aromatic carbocycles. The van der Waals surface area contributed by atoms with Gasteiger partial charge in [0.15, 0.2) is 0 Å². The summed E-state index contributed by atoms with van der Waals surface area (Å²) in [7, 11) is 1.92. The van der Waals surface area contributed by atoms with E-state index in [0.29, 0.717) is 10.0 Å². The predicted molar refractivity (Wildman–Crippen MR) is 70.7 cm³/mol. The van der Waals surface area contributed by atoms with Gasteiger partial charge < -0.3 is 9.73 Å². The first kappa shape index (κ1) is 12.5. The Bertz CT molecular complexity index is 482. The van der Waals surface area contributed by atoms with E-state index in [2.05, 4.69) is 5.32 Å². The van der Waals surface area contributed by atoms with Crippen molar-refractivity contribution in [2.24, 2.45) is 0 Å². The molecule has 1 atom stereocenters. The van der Waals surface area contributed by atoms with E-state index in [0.717, 1.165) is 17.5 Å². The lowest BCUT2D eigenvalue weighted by Gasteiger charge is -2.16. The third-order valence-electron chi connectivity index (χ3n) is 2.71. The van der Waals surface area contributed by atoms with E-state index in [1.807, 2.05) is 31.3 Å². The Morgan fingerprint density at radius 2 is 2.06 bits per heavy atom. The fourth-order valence-electron chi connectivity index (χ4n) is 1.76. The Kier molecular flexibility index (Phi) is 4.11. The van der Waals surface area contributed by atoms with Crippen molar-refractivity contribution in [1.29, 1.82) is 0 Å². The first-order chi connectivity index (χ1) is 8.20. The number of furan rings is 1. The lowest BCUT2D eigenvalue weighted by Crippen LogP contribution is -2.18. The van der Waals surface area contributed by atoms with E-state index in [4.69, 9.17) is 27.6 Å². The Hall–Kier alpha value is -0.960. The molecule has 0 saturated heterocycles. The summed E-state index contributed by atoms with van der Waals surface area (Å²) >= 11 is 11.9. The summed E-state index contributed by atoms with van der Waals surface area (Å²) in [4.78, 5) is 0. The molecule has 1 aromatic heterocycles. The third-order valence-corrected chi connectivity index (χ3v) is 3.45. The molecule has 2 rings (SSSR count). The van der Waals surface area contributed by atoms with Crippen LogP contribution in [0.2, 0.25) is 10.0 Å². The van der Waals surface area contributed by atoms with Gasteiger partial charge in [0.05, 0.1) is 22.6 Å². The van der Waals surface area contributed by atoms with E-state index in [1.165, 1.54) is 0 Å². The van der Waals surface area contributed by atoms with E-state index < -0.39 is 0 Å². The smallest absolute Gasteiger partial charge is 0.0935 e. The lowest BCUT2D eigenvalue weighted by molar-refractivity contribution is 0.551. The van der Waals surface area contributed by atoms with Crippen molar-refractivity contribution in [3.05, 3.63) is 58.0 Å². The highest BCUT2D eigenvalue weighted by Gasteiger charge is 2.12. The maximum Gasteiger partial charge on any atom is 0.0935 e. The molecule has 90 valence electrons. The maximum absolute atomic E-state index is 6.02. The first-order valence-corrected chi connectivity index (χ1v) is 6.09. The van der Waals surface area contributed by atoms with Crippen LogP contribution in [0.3, 0.4) is 0 Å². The number of nitrogens with one attached hydrogen (secondary N) is 1. The molecular formula is C13H13Cl2NO. The van der Waals surface area contributed by atoms with E-state index >= 15 is 0 Å². The van der Waals surface area contributed by atoms with Gasteiger partial charge in [-0.05, 0) is 42.8 Å². The fourth-order valence-corrected chi connectivity index (χ4v) is 2.07. The van der Waals surface area contributed by atoms with Crippen molar-refractivity contribution in [2.75, 3.05) is 7.05 Å². The Balaban J connectivity index is 2.20. The minimum absolute atomic E-state index is 0.197. The van der Waals surface area contributed by atoms with Crippen LogP contribution in [-0.4, -0.2) is 7.05 Å². The van der Waals surface area contributed by atoms with Crippen LogP contribution in [0.1, 0.15) is 17.2 Å². The summed E-state index contributed by atoms with van der Waals surface area (Å²) in [6, 6.07) is 7.85. The van der Waals surface area contributed by atoms with Gasteiger partial charge in [0.25, 0.3) is 0 Å². The highest BCUT2D eigenvalue weighted by atomic mass is 35.5. The summed E-state index contributed by atoms with van der Waals surface area (Å²) in [5, 5.41) is 4.42. The highest BCUT2D eigenvalue weighted by Crippen LogP contribution is 2.27. The number of hydrogen-bond donors (Lipinski definition) is 1. The molecule has 0 bridgehead atoms. The molecule has 0 aliphatic carbocycles. The van der Waals surface area contributed by atoms with Crippen molar-refractivity contribution >= 4 is 23.2 Å². The summed E-state index contributed by atoms with van der Waals surface area (Å²) in [6.45, 7) is 0. The van der Waals surface area contributed by atoms with Gasteiger partial charge in [0.1, 0.15) is 0 Å².